The van der Waals surface area contributed by atoms with Gasteiger partial charge < -0.3 is 4.90 Å². The number of fused-ring (bicyclic) bond motifs is 2. The molecule has 2 aliphatic rings. The number of halogens is 2. The number of aromatic nitrogens is 3. The lowest BCUT2D eigenvalue weighted by Gasteiger charge is -2.38. The summed E-state index contributed by atoms with van der Waals surface area (Å²) in [6.45, 7) is 4.24. The first-order valence-electron chi connectivity index (χ1n) is 7.18. The molecule has 1 unspecified atom stereocenters. The van der Waals surface area contributed by atoms with Crippen LogP contribution in [-0.2, 0) is 0 Å². The van der Waals surface area contributed by atoms with Crippen molar-refractivity contribution in [2.24, 2.45) is 0 Å². The van der Waals surface area contributed by atoms with Crippen molar-refractivity contribution >= 4 is 44.5 Å². The molecule has 110 valence electrons. The van der Waals surface area contributed by atoms with Crippen LogP contribution in [0.15, 0.2) is 16.7 Å². The topological polar surface area (TPSA) is 45.2 Å². The monoisotopic (exact) mass is 367 g/mol. The fourth-order valence-corrected chi connectivity index (χ4v) is 3.85. The third-order valence-corrected chi connectivity index (χ3v) is 5.00. The SMILES string of the molecule is Clc1nc2cc(Br)cnc2nc1N1CCN2CCCC2C1. The van der Waals surface area contributed by atoms with E-state index in [9.17, 15) is 0 Å². The van der Waals surface area contributed by atoms with Crippen molar-refractivity contribution < 1.29 is 0 Å². The highest BCUT2D eigenvalue weighted by Crippen LogP contribution is 2.29. The fraction of sp³-hybridized carbons (Fsp3) is 0.500. The number of hydrogen-bond acceptors (Lipinski definition) is 5. The number of piperazine rings is 1. The number of anilines is 1. The van der Waals surface area contributed by atoms with Gasteiger partial charge in [0.05, 0.1) is 0 Å². The summed E-state index contributed by atoms with van der Waals surface area (Å²) in [5.41, 5.74) is 1.36. The Morgan fingerprint density at radius 1 is 1.24 bits per heavy atom. The van der Waals surface area contributed by atoms with Gasteiger partial charge in [-0.3, -0.25) is 4.90 Å². The molecule has 4 rings (SSSR count). The van der Waals surface area contributed by atoms with Crippen molar-refractivity contribution in [3.8, 4) is 0 Å². The van der Waals surface area contributed by atoms with Gasteiger partial charge in [-0.05, 0) is 41.4 Å². The molecule has 0 saturated carbocycles. The van der Waals surface area contributed by atoms with Crippen LogP contribution in [0.5, 0.6) is 0 Å². The molecule has 2 aromatic heterocycles. The van der Waals surface area contributed by atoms with Crippen molar-refractivity contribution in [1.29, 1.82) is 0 Å². The average molecular weight is 369 g/mol. The van der Waals surface area contributed by atoms with Gasteiger partial charge >= 0.3 is 0 Å². The standard InChI is InChI=1S/C14H15BrClN5/c15-9-6-11-13(17-7-9)19-14(12(16)18-11)21-5-4-20-3-1-2-10(20)8-21/h6-7,10H,1-5,8H2. The molecular formula is C14H15BrClN5. The van der Waals surface area contributed by atoms with Crippen molar-refractivity contribution in [1.82, 2.24) is 19.9 Å². The van der Waals surface area contributed by atoms with Crippen LogP contribution in [0.2, 0.25) is 5.15 Å². The van der Waals surface area contributed by atoms with Crippen LogP contribution in [0.25, 0.3) is 11.2 Å². The van der Waals surface area contributed by atoms with Gasteiger partial charge in [0, 0.05) is 36.3 Å². The molecule has 2 saturated heterocycles. The summed E-state index contributed by atoms with van der Waals surface area (Å²) in [6, 6.07) is 2.52. The second kappa shape index (κ2) is 5.34. The van der Waals surface area contributed by atoms with Gasteiger partial charge in [0.1, 0.15) is 5.52 Å². The highest BCUT2D eigenvalue weighted by atomic mass is 79.9. The van der Waals surface area contributed by atoms with Crippen molar-refractivity contribution in [3.05, 3.63) is 21.9 Å². The maximum Gasteiger partial charge on any atom is 0.180 e. The molecule has 0 aliphatic carbocycles. The molecule has 0 aromatic carbocycles. The predicted molar refractivity (Wildman–Crippen MR) is 86.9 cm³/mol. The highest BCUT2D eigenvalue weighted by molar-refractivity contribution is 9.10. The van der Waals surface area contributed by atoms with Crippen LogP contribution in [0.4, 0.5) is 5.82 Å². The summed E-state index contributed by atoms with van der Waals surface area (Å²) in [6.07, 6.45) is 4.30. The predicted octanol–water partition coefficient (Wildman–Crippen LogP) is 2.73. The van der Waals surface area contributed by atoms with E-state index in [0.717, 1.165) is 35.4 Å². The molecule has 2 aromatic rings. The lowest BCUT2D eigenvalue weighted by Crippen LogP contribution is -2.50. The van der Waals surface area contributed by atoms with Crippen molar-refractivity contribution in [2.45, 2.75) is 18.9 Å². The van der Waals surface area contributed by atoms with E-state index in [0.29, 0.717) is 16.8 Å². The minimum absolute atomic E-state index is 0.467. The maximum atomic E-state index is 6.36. The van der Waals surface area contributed by atoms with E-state index < -0.39 is 0 Å². The summed E-state index contributed by atoms with van der Waals surface area (Å²) in [5, 5.41) is 0.467. The molecule has 21 heavy (non-hydrogen) atoms. The Labute approximate surface area is 136 Å². The van der Waals surface area contributed by atoms with Crippen LogP contribution < -0.4 is 4.90 Å². The number of pyridine rings is 1. The third kappa shape index (κ3) is 2.49. The molecule has 0 radical (unpaired) electrons. The van der Waals surface area contributed by atoms with Crippen LogP contribution in [-0.4, -0.2) is 52.1 Å². The van der Waals surface area contributed by atoms with E-state index in [4.69, 9.17) is 11.6 Å². The zero-order valence-electron chi connectivity index (χ0n) is 11.5. The minimum Gasteiger partial charge on any atom is -0.351 e. The Kier molecular flexibility index (Phi) is 3.47. The zero-order valence-corrected chi connectivity index (χ0v) is 13.8. The summed E-state index contributed by atoms with van der Waals surface area (Å²) < 4.78 is 0.882. The summed E-state index contributed by atoms with van der Waals surface area (Å²) in [7, 11) is 0. The molecule has 0 bridgehead atoms. The van der Waals surface area contributed by atoms with Gasteiger partial charge in [-0.15, -0.1) is 0 Å². The Morgan fingerprint density at radius 3 is 3.05 bits per heavy atom. The Hall–Kier alpha value is -0.980. The second-order valence-electron chi connectivity index (χ2n) is 5.61. The van der Waals surface area contributed by atoms with Gasteiger partial charge in [0.25, 0.3) is 0 Å². The fourth-order valence-electron chi connectivity index (χ4n) is 3.28. The molecule has 7 heteroatoms. The Morgan fingerprint density at radius 2 is 2.14 bits per heavy atom. The largest absolute Gasteiger partial charge is 0.351 e. The van der Waals surface area contributed by atoms with Crippen molar-refractivity contribution in [3.63, 3.8) is 0 Å². The van der Waals surface area contributed by atoms with E-state index in [1.54, 1.807) is 6.20 Å². The van der Waals surface area contributed by atoms with E-state index in [-0.39, 0.29) is 0 Å². The van der Waals surface area contributed by atoms with Gasteiger partial charge in [-0.1, -0.05) is 11.6 Å². The molecule has 1 atom stereocenters. The quantitative estimate of drug-likeness (QED) is 0.774. The van der Waals surface area contributed by atoms with Gasteiger partial charge in [0.2, 0.25) is 0 Å². The van der Waals surface area contributed by atoms with Gasteiger partial charge in [-0.25, -0.2) is 15.0 Å². The van der Waals surface area contributed by atoms with Gasteiger partial charge in [-0.2, -0.15) is 0 Å². The second-order valence-corrected chi connectivity index (χ2v) is 6.89. The first-order chi connectivity index (χ1) is 10.2. The van der Waals surface area contributed by atoms with E-state index in [2.05, 4.69) is 40.7 Å². The normalized spacial score (nSPS) is 22.8. The molecule has 0 N–H and O–H groups in total. The molecule has 0 spiro atoms. The first-order valence-corrected chi connectivity index (χ1v) is 8.35. The van der Waals surface area contributed by atoms with Crippen molar-refractivity contribution in [2.75, 3.05) is 31.1 Å². The smallest absolute Gasteiger partial charge is 0.180 e. The Balaban J connectivity index is 1.69. The molecular weight excluding hydrogens is 354 g/mol. The zero-order chi connectivity index (χ0) is 14.4. The molecule has 2 fully saturated rings. The lowest BCUT2D eigenvalue weighted by molar-refractivity contribution is 0.230. The lowest BCUT2D eigenvalue weighted by atomic mass is 10.1. The van der Waals surface area contributed by atoms with Crippen LogP contribution >= 0.6 is 27.5 Å². The first kappa shape index (κ1) is 13.7. The van der Waals surface area contributed by atoms with E-state index in [1.807, 2.05) is 6.07 Å². The van der Waals surface area contributed by atoms with Crippen LogP contribution in [0.3, 0.4) is 0 Å². The van der Waals surface area contributed by atoms with Gasteiger partial charge in [0.15, 0.2) is 16.6 Å². The summed E-state index contributed by atoms with van der Waals surface area (Å²) >= 11 is 9.75. The Bertz CT molecular complexity index is 694. The average Bonchev–Trinajstić information content (AvgIpc) is 2.93. The van der Waals surface area contributed by atoms with Crippen LogP contribution in [0.1, 0.15) is 12.8 Å². The molecule has 4 heterocycles. The van der Waals surface area contributed by atoms with E-state index >= 15 is 0 Å². The summed E-state index contributed by atoms with van der Waals surface area (Å²) in [5.74, 6) is 0.769. The molecule has 0 amide bonds. The number of rotatable bonds is 1. The third-order valence-electron chi connectivity index (χ3n) is 4.32. The van der Waals surface area contributed by atoms with E-state index in [1.165, 1.54) is 19.4 Å². The maximum absolute atomic E-state index is 6.36. The highest BCUT2D eigenvalue weighted by Gasteiger charge is 2.32. The minimum atomic E-state index is 0.467. The molecule has 2 aliphatic heterocycles. The number of hydrogen-bond donors (Lipinski definition) is 0. The molecule has 5 nitrogen and oxygen atoms in total. The summed E-state index contributed by atoms with van der Waals surface area (Å²) in [4.78, 5) is 18.2. The van der Waals surface area contributed by atoms with Crippen LogP contribution in [0, 0.1) is 0 Å². The number of nitrogens with zero attached hydrogens (tertiary/aromatic N) is 5.